The molecule has 0 radical (unpaired) electrons. The summed E-state index contributed by atoms with van der Waals surface area (Å²) in [6.45, 7) is 4.79. The van der Waals surface area contributed by atoms with Crippen LogP contribution in [0.15, 0.2) is 24.3 Å². The van der Waals surface area contributed by atoms with Gasteiger partial charge in [0.1, 0.15) is 19.3 Å². The van der Waals surface area contributed by atoms with Crippen molar-refractivity contribution in [3.05, 3.63) is 24.3 Å². The average Bonchev–Trinajstić information content (AvgIpc) is 3.54. The molecule has 0 aliphatic heterocycles. The molecular formula is C68H128O17P2. The smallest absolute Gasteiger partial charge is 0.462 e. The second kappa shape index (κ2) is 62.4. The third-order valence-electron chi connectivity index (χ3n) is 15.2. The fraction of sp³-hybridized carbons (Fsp3) is 0.882. The van der Waals surface area contributed by atoms with Gasteiger partial charge in [-0.1, -0.05) is 277 Å². The van der Waals surface area contributed by atoms with E-state index in [4.69, 9.17) is 37.0 Å². The van der Waals surface area contributed by atoms with E-state index in [9.17, 15) is 43.2 Å². The molecular weight excluding hydrogens is 1150 g/mol. The molecule has 0 spiro atoms. The van der Waals surface area contributed by atoms with Crippen LogP contribution in [-0.4, -0.2) is 96.7 Å². The highest BCUT2D eigenvalue weighted by Gasteiger charge is 2.30. The Morgan fingerprint density at radius 1 is 0.322 bits per heavy atom. The van der Waals surface area contributed by atoms with Crippen LogP contribution in [0.5, 0.6) is 0 Å². The second-order valence-electron chi connectivity index (χ2n) is 23.9. The number of allylic oxidation sites excluding steroid dienone is 4. The fourth-order valence-corrected chi connectivity index (χ4v) is 11.4. The standard InChI is InChI=1S/C68H128O17P2/c1-5-9-13-17-21-24-26-28-30-31-33-35-37-39-43-47-51-55-68(73)85-64(59-79-66(71)53-49-45-42-38-36-34-32-29-27-25-22-18-14-10-6-2)61-83-87(76,77)81-57-62(69)56-80-86(74,75)82-60-63(58-78-65(70)52-48-44-40-20-16-12-8-4)84-67(72)54-50-46-41-23-19-15-11-7-3/h25,27,29,32,62-64,69H,5-24,26,28,30-31,33-61H2,1-4H3,(H,74,75)(H,76,77)/b27-25-,32-29-/t62-,63+,64+/m0/s1. The van der Waals surface area contributed by atoms with Gasteiger partial charge in [-0.05, 0) is 51.4 Å². The number of carbonyl (C=O) groups is 4. The van der Waals surface area contributed by atoms with Crippen LogP contribution in [0.2, 0.25) is 0 Å². The number of phosphoric ester groups is 2. The minimum absolute atomic E-state index is 0.102. The molecule has 0 aromatic heterocycles. The van der Waals surface area contributed by atoms with E-state index in [1.54, 1.807) is 0 Å². The number of hydrogen-bond donors (Lipinski definition) is 3. The van der Waals surface area contributed by atoms with Gasteiger partial charge in [0, 0.05) is 25.7 Å². The van der Waals surface area contributed by atoms with E-state index >= 15 is 0 Å². The van der Waals surface area contributed by atoms with Crippen molar-refractivity contribution >= 4 is 39.5 Å². The van der Waals surface area contributed by atoms with Crippen molar-refractivity contribution in [3.8, 4) is 0 Å². The van der Waals surface area contributed by atoms with Crippen molar-refractivity contribution in [1.29, 1.82) is 0 Å². The Bertz CT molecular complexity index is 1760. The Labute approximate surface area is 529 Å². The molecule has 0 saturated carbocycles. The summed E-state index contributed by atoms with van der Waals surface area (Å²) >= 11 is 0. The number of phosphoric acid groups is 2. The monoisotopic (exact) mass is 1280 g/mol. The first-order chi connectivity index (χ1) is 42.2. The van der Waals surface area contributed by atoms with Crippen LogP contribution in [-0.2, 0) is 65.4 Å². The quantitative estimate of drug-likeness (QED) is 0.0169. The molecule has 0 rings (SSSR count). The Morgan fingerprint density at radius 2 is 0.552 bits per heavy atom. The Hall–Kier alpha value is -2.46. The highest BCUT2D eigenvalue weighted by atomic mass is 31.2. The van der Waals surface area contributed by atoms with Gasteiger partial charge < -0.3 is 33.8 Å². The first-order valence-electron chi connectivity index (χ1n) is 35.1. The van der Waals surface area contributed by atoms with Crippen LogP contribution in [0.4, 0.5) is 0 Å². The molecule has 0 fully saturated rings. The van der Waals surface area contributed by atoms with Crippen molar-refractivity contribution in [2.75, 3.05) is 39.6 Å². The average molecular weight is 1280 g/mol. The fourth-order valence-electron chi connectivity index (χ4n) is 9.80. The SMILES string of the molecule is CCCCCC/C=C\C=C/CCCCCCCC(=O)OC[C@H](COP(=O)(O)OC[C@@H](O)COP(=O)(O)OC[C@@H](COC(=O)CCCCCCCCC)OC(=O)CCCCCCCCCC)OC(=O)CCCCCCCCCCCCCCCCCCC. The number of rotatable bonds is 67. The molecule has 0 amide bonds. The van der Waals surface area contributed by atoms with Gasteiger partial charge in [-0.2, -0.15) is 0 Å². The van der Waals surface area contributed by atoms with Gasteiger partial charge in [0.05, 0.1) is 26.4 Å². The van der Waals surface area contributed by atoms with E-state index in [2.05, 4.69) is 52.0 Å². The largest absolute Gasteiger partial charge is 0.472 e. The summed E-state index contributed by atoms with van der Waals surface area (Å²) in [5.74, 6) is -2.16. The molecule has 512 valence electrons. The predicted octanol–water partition coefficient (Wildman–Crippen LogP) is 19.1. The van der Waals surface area contributed by atoms with Crippen LogP contribution >= 0.6 is 15.6 Å². The van der Waals surface area contributed by atoms with Crippen LogP contribution in [0.1, 0.15) is 329 Å². The first kappa shape index (κ1) is 84.5. The number of hydrogen-bond acceptors (Lipinski definition) is 15. The number of aliphatic hydroxyl groups is 1. The first-order valence-corrected chi connectivity index (χ1v) is 38.1. The summed E-state index contributed by atoms with van der Waals surface area (Å²) < 4.78 is 68.0. The van der Waals surface area contributed by atoms with Crippen molar-refractivity contribution in [2.45, 2.75) is 348 Å². The number of aliphatic hydroxyl groups excluding tert-OH is 1. The topological polar surface area (TPSA) is 237 Å². The van der Waals surface area contributed by atoms with Crippen LogP contribution in [0.25, 0.3) is 0 Å². The lowest BCUT2D eigenvalue weighted by Crippen LogP contribution is -2.30. The summed E-state index contributed by atoms with van der Waals surface area (Å²) in [6.07, 6.45) is 52.4. The zero-order chi connectivity index (χ0) is 64.0. The molecule has 0 aromatic carbocycles. The molecule has 0 heterocycles. The van der Waals surface area contributed by atoms with Gasteiger partial charge >= 0.3 is 39.5 Å². The van der Waals surface area contributed by atoms with E-state index in [1.807, 2.05) is 0 Å². The predicted molar refractivity (Wildman–Crippen MR) is 349 cm³/mol. The summed E-state index contributed by atoms with van der Waals surface area (Å²) in [5.41, 5.74) is 0. The lowest BCUT2D eigenvalue weighted by Gasteiger charge is -2.21. The van der Waals surface area contributed by atoms with Crippen molar-refractivity contribution in [2.24, 2.45) is 0 Å². The van der Waals surface area contributed by atoms with E-state index in [-0.39, 0.29) is 25.7 Å². The lowest BCUT2D eigenvalue weighted by molar-refractivity contribution is -0.161. The minimum Gasteiger partial charge on any atom is -0.462 e. The van der Waals surface area contributed by atoms with Gasteiger partial charge in [-0.15, -0.1) is 0 Å². The molecule has 87 heavy (non-hydrogen) atoms. The molecule has 0 bridgehead atoms. The lowest BCUT2D eigenvalue weighted by atomic mass is 10.0. The number of ether oxygens (including phenoxy) is 4. The molecule has 5 atom stereocenters. The molecule has 0 aliphatic carbocycles. The number of carbonyl (C=O) groups excluding carboxylic acids is 4. The maximum absolute atomic E-state index is 13.0. The van der Waals surface area contributed by atoms with Crippen LogP contribution < -0.4 is 0 Å². The van der Waals surface area contributed by atoms with Gasteiger partial charge in [0.25, 0.3) is 0 Å². The molecule has 19 heteroatoms. The second-order valence-corrected chi connectivity index (χ2v) is 26.8. The Morgan fingerprint density at radius 3 is 0.839 bits per heavy atom. The normalized spacial score (nSPS) is 14.2. The van der Waals surface area contributed by atoms with E-state index in [1.165, 1.54) is 122 Å². The van der Waals surface area contributed by atoms with Gasteiger partial charge in [-0.25, -0.2) is 9.13 Å². The third kappa shape index (κ3) is 62.1. The molecule has 0 saturated heterocycles. The zero-order valence-corrected chi connectivity index (χ0v) is 57.3. The van der Waals surface area contributed by atoms with Crippen LogP contribution in [0, 0.1) is 0 Å². The molecule has 0 aliphatic rings. The summed E-state index contributed by atoms with van der Waals surface area (Å²) in [7, 11) is -9.90. The maximum atomic E-state index is 13.0. The van der Waals surface area contributed by atoms with E-state index < -0.39 is 97.5 Å². The molecule has 2 unspecified atom stereocenters. The van der Waals surface area contributed by atoms with Gasteiger partial charge in [-0.3, -0.25) is 37.3 Å². The highest BCUT2D eigenvalue weighted by Crippen LogP contribution is 2.45. The highest BCUT2D eigenvalue weighted by molar-refractivity contribution is 7.47. The van der Waals surface area contributed by atoms with Gasteiger partial charge in [0.2, 0.25) is 0 Å². The van der Waals surface area contributed by atoms with Crippen molar-refractivity contribution in [3.63, 3.8) is 0 Å². The zero-order valence-electron chi connectivity index (χ0n) is 55.5. The summed E-state index contributed by atoms with van der Waals surface area (Å²) in [4.78, 5) is 72.2. The summed E-state index contributed by atoms with van der Waals surface area (Å²) in [6, 6.07) is 0. The molecule has 3 N–H and O–H groups in total. The molecule has 17 nitrogen and oxygen atoms in total. The third-order valence-corrected chi connectivity index (χ3v) is 17.1. The van der Waals surface area contributed by atoms with E-state index in [0.717, 1.165) is 128 Å². The Kier molecular flexibility index (Phi) is 60.6. The molecule has 0 aromatic rings. The van der Waals surface area contributed by atoms with E-state index in [0.29, 0.717) is 25.7 Å². The van der Waals surface area contributed by atoms with Crippen LogP contribution in [0.3, 0.4) is 0 Å². The van der Waals surface area contributed by atoms with Crippen molar-refractivity contribution < 1.29 is 80.2 Å². The maximum Gasteiger partial charge on any atom is 0.472 e. The van der Waals surface area contributed by atoms with Crippen molar-refractivity contribution in [1.82, 2.24) is 0 Å². The number of esters is 4. The Balaban J connectivity index is 5.21. The number of unbranched alkanes of at least 4 members (excludes halogenated alkanes) is 38. The van der Waals surface area contributed by atoms with Gasteiger partial charge in [0.15, 0.2) is 12.2 Å². The minimum atomic E-state index is -4.95. The summed E-state index contributed by atoms with van der Waals surface area (Å²) in [5, 5.41) is 10.5.